The number of carbonyl (C=O) groups is 1. The van der Waals surface area contributed by atoms with Crippen LogP contribution < -0.4 is 10.1 Å². The van der Waals surface area contributed by atoms with E-state index in [2.05, 4.69) is 15.5 Å². The molecule has 6 nitrogen and oxygen atoms in total. The molecule has 0 saturated carbocycles. The Bertz CT molecular complexity index is 960. The molecule has 26 heavy (non-hydrogen) atoms. The Balaban J connectivity index is 1.80. The Morgan fingerprint density at radius 1 is 1.23 bits per heavy atom. The predicted molar refractivity (Wildman–Crippen MR) is 104 cm³/mol. The number of nitrogens with zero attached hydrogens (tertiary/aromatic N) is 2. The molecular formula is C19H20N4O2S. The minimum atomic E-state index is -0.163. The molecule has 0 aliphatic rings. The number of hydrogen-bond donors (Lipinski definition) is 2. The summed E-state index contributed by atoms with van der Waals surface area (Å²) < 4.78 is 7.53. The highest BCUT2D eigenvalue weighted by molar-refractivity contribution is 7.71. The van der Waals surface area contributed by atoms with E-state index < -0.39 is 0 Å². The Kier molecular flexibility index (Phi) is 5.48. The van der Waals surface area contributed by atoms with Crippen LogP contribution in [-0.2, 0) is 11.3 Å². The zero-order chi connectivity index (χ0) is 18.5. The Morgan fingerprint density at radius 2 is 1.96 bits per heavy atom. The fraction of sp³-hybridized carbons (Fsp3) is 0.211. The van der Waals surface area contributed by atoms with E-state index in [0.29, 0.717) is 17.2 Å². The van der Waals surface area contributed by atoms with E-state index in [-0.39, 0.29) is 12.5 Å². The van der Waals surface area contributed by atoms with Gasteiger partial charge in [-0.2, -0.15) is 5.10 Å². The van der Waals surface area contributed by atoms with Crippen molar-refractivity contribution in [2.24, 2.45) is 0 Å². The van der Waals surface area contributed by atoms with Crippen molar-refractivity contribution < 1.29 is 9.53 Å². The molecule has 0 aliphatic carbocycles. The molecule has 1 amide bonds. The molecule has 134 valence electrons. The third-order valence-electron chi connectivity index (χ3n) is 3.90. The highest BCUT2D eigenvalue weighted by atomic mass is 32.1. The van der Waals surface area contributed by atoms with E-state index in [1.54, 1.807) is 4.57 Å². The van der Waals surface area contributed by atoms with Crippen molar-refractivity contribution in [2.75, 3.05) is 11.9 Å². The Labute approximate surface area is 156 Å². The van der Waals surface area contributed by atoms with Crippen molar-refractivity contribution in [1.29, 1.82) is 0 Å². The number of aryl methyl sites for hydroxylation is 1. The van der Waals surface area contributed by atoms with Gasteiger partial charge in [0, 0.05) is 11.3 Å². The maximum Gasteiger partial charge on any atom is 0.244 e. The molecule has 0 unspecified atom stereocenters. The molecule has 0 saturated heterocycles. The van der Waals surface area contributed by atoms with Crippen molar-refractivity contribution in [3.63, 3.8) is 0 Å². The van der Waals surface area contributed by atoms with E-state index in [1.165, 1.54) is 0 Å². The number of hydrogen-bond acceptors (Lipinski definition) is 4. The smallest absolute Gasteiger partial charge is 0.244 e. The van der Waals surface area contributed by atoms with Crippen LogP contribution in [0.2, 0.25) is 0 Å². The predicted octanol–water partition coefficient (Wildman–Crippen LogP) is 3.95. The number of carbonyl (C=O) groups excluding carboxylic acids is 1. The topological polar surface area (TPSA) is 71.9 Å². The fourth-order valence-corrected chi connectivity index (χ4v) is 2.79. The van der Waals surface area contributed by atoms with E-state index in [4.69, 9.17) is 17.0 Å². The summed E-state index contributed by atoms with van der Waals surface area (Å²) in [6.45, 7) is 4.57. The van der Waals surface area contributed by atoms with E-state index in [0.717, 1.165) is 22.6 Å². The van der Waals surface area contributed by atoms with Gasteiger partial charge >= 0.3 is 0 Å². The fourth-order valence-electron chi connectivity index (χ4n) is 2.60. The summed E-state index contributed by atoms with van der Waals surface area (Å²) in [6.07, 6.45) is 0. The van der Waals surface area contributed by atoms with Gasteiger partial charge in [-0.3, -0.25) is 14.5 Å². The van der Waals surface area contributed by atoms with Gasteiger partial charge in [-0.05, 0) is 62.0 Å². The van der Waals surface area contributed by atoms with E-state index in [9.17, 15) is 4.79 Å². The Morgan fingerprint density at radius 3 is 2.65 bits per heavy atom. The minimum Gasteiger partial charge on any atom is -0.494 e. The normalized spacial score (nSPS) is 10.5. The quantitative estimate of drug-likeness (QED) is 0.646. The first kappa shape index (κ1) is 17.9. The second-order valence-corrected chi connectivity index (χ2v) is 6.15. The molecule has 0 radical (unpaired) electrons. The molecule has 7 heteroatoms. The van der Waals surface area contributed by atoms with Gasteiger partial charge in [-0.15, -0.1) is 0 Å². The summed E-state index contributed by atoms with van der Waals surface area (Å²) in [5.74, 6) is 1.23. The van der Waals surface area contributed by atoms with Crippen LogP contribution in [0.5, 0.6) is 5.75 Å². The van der Waals surface area contributed by atoms with Crippen molar-refractivity contribution >= 4 is 23.8 Å². The number of nitrogens with one attached hydrogen (secondary N) is 2. The molecule has 0 aliphatic heterocycles. The van der Waals surface area contributed by atoms with Crippen LogP contribution in [0, 0.1) is 11.7 Å². The summed E-state index contributed by atoms with van der Waals surface area (Å²) >= 11 is 5.29. The monoisotopic (exact) mass is 368 g/mol. The molecule has 1 aromatic heterocycles. The standard InChI is InChI=1S/C19H20N4O2S/c1-3-25-15-10-8-14(9-11-15)18-21-22-19(26)23(18)12-17(24)20-16-7-5-4-6-13(16)2/h4-11H,3,12H2,1-2H3,(H,20,24)(H,22,26). The lowest BCUT2D eigenvalue weighted by atomic mass is 10.2. The number of aromatic amines is 1. The summed E-state index contributed by atoms with van der Waals surface area (Å²) in [6, 6.07) is 15.2. The van der Waals surface area contributed by atoms with Crippen LogP contribution in [0.1, 0.15) is 12.5 Å². The molecule has 0 fully saturated rings. The van der Waals surface area contributed by atoms with Gasteiger partial charge in [0.05, 0.1) is 6.61 Å². The molecular weight excluding hydrogens is 348 g/mol. The first-order valence-electron chi connectivity index (χ1n) is 8.32. The van der Waals surface area contributed by atoms with Gasteiger partial charge in [0.15, 0.2) is 10.6 Å². The number of ether oxygens (including phenoxy) is 1. The minimum absolute atomic E-state index is 0.0756. The molecule has 0 atom stereocenters. The van der Waals surface area contributed by atoms with E-state index in [1.807, 2.05) is 62.4 Å². The number of amides is 1. The van der Waals surface area contributed by atoms with Crippen LogP contribution in [-0.4, -0.2) is 27.3 Å². The first-order valence-corrected chi connectivity index (χ1v) is 8.73. The number of rotatable bonds is 6. The third kappa shape index (κ3) is 4.00. The number of benzene rings is 2. The number of anilines is 1. The van der Waals surface area contributed by atoms with Gasteiger partial charge in [-0.1, -0.05) is 18.2 Å². The molecule has 0 spiro atoms. The average Bonchev–Trinajstić information content (AvgIpc) is 2.99. The first-order chi connectivity index (χ1) is 12.6. The van der Waals surface area contributed by atoms with Crippen LogP contribution >= 0.6 is 12.2 Å². The number of aromatic nitrogens is 3. The van der Waals surface area contributed by atoms with Crippen LogP contribution in [0.25, 0.3) is 11.4 Å². The lowest BCUT2D eigenvalue weighted by Gasteiger charge is -2.10. The van der Waals surface area contributed by atoms with Crippen molar-refractivity contribution in [1.82, 2.24) is 14.8 Å². The van der Waals surface area contributed by atoms with E-state index >= 15 is 0 Å². The number of H-pyrrole nitrogens is 1. The average molecular weight is 368 g/mol. The summed E-state index contributed by atoms with van der Waals surface area (Å²) in [4.78, 5) is 12.5. The van der Waals surface area contributed by atoms with Crippen molar-refractivity contribution in [2.45, 2.75) is 20.4 Å². The Hall–Kier alpha value is -2.93. The van der Waals surface area contributed by atoms with Crippen molar-refractivity contribution in [3.05, 3.63) is 58.9 Å². The second-order valence-electron chi connectivity index (χ2n) is 5.76. The zero-order valence-corrected chi connectivity index (χ0v) is 15.5. The number of para-hydroxylation sites is 1. The van der Waals surface area contributed by atoms with Gasteiger partial charge < -0.3 is 10.1 Å². The molecule has 3 rings (SSSR count). The van der Waals surface area contributed by atoms with Gasteiger partial charge in [0.25, 0.3) is 0 Å². The van der Waals surface area contributed by atoms with Gasteiger partial charge in [-0.25, -0.2) is 0 Å². The summed E-state index contributed by atoms with van der Waals surface area (Å²) in [5.41, 5.74) is 2.64. The summed E-state index contributed by atoms with van der Waals surface area (Å²) in [7, 11) is 0. The molecule has 2 aromatic carbocycles. The molecule has 0 bridgehead atoms. The lowest BCUT2D eigenvalue weighted by Crippen LogP contribution is -2.20. The molecule has 1 heterocycles. The largest absolute Gasteiger partial charge is 0.494 e. The maximum absolute atomic E-state index is 12.5. The summed E-state index contributed by atoms with van der Waals surface area (Å²) in [5, 5.41) is 9.94. The molecule has 3 aromatic rings. The molecule has 2 N–H and O–H groups in total. The highest BCUT2D eigenvalue weighted by Gasteiger charge is 2.13. The van der Waals surface area contributed by atoms with Crippen LogP contribution in [0.15, 0.2) is 48.5 Å². The van der Waals surface area contributed by atoms with Crippen LogP contribution in [0.4, 0.5) is 5.69 Å². The lowest BCUT2D eigenvalue weighted by molar-refractivity contribution is -0.116. The third-order valence-corrected chi connectivity index (χ3v) is 4.21. The second kappa shape index (κ2) is 7.97. The zero-order valence-electron chi connectivity index (χ0n) is 14.7. The van der Waals surface area contributed by atoms with Crippen molar-refractivity contribution in [3.8, 4) is 17.1 Å². The SMILES string of the molecule is CCOc1ccc(-c2n[nH]c(=S)n2CC(=O)Nc2ccccc2C)cc1. The van der Waals surface area contributed by atoms with Gasteiger partial charge in [0.1, 0.15) is 12.3 Å². The van der Waals surface area contributed by atoms with Gasteiger partial charge in [0.2, 0.25) is 5.91 Å². The van der Waals surface area contributed by atoms with Crippen LogP contribution in [0.3, 0.4) is 0 Å². The highest BCUT2D eigenvalue weighted by Crippen LogP contribution is 2.21. The maximum atomic E-state index is 12.5.